The van der Waals surface area contributed by atoms with Crippen LogP contribution in [0.1, 0.15) is 0 Å². The second-order valence-electron chi connectivity index (χ2n) is 5.18. The monoisotopic (exact) mass is 381 g/mol. The summed E-state index contributed by atoms with van der Waals surface area (Å²) in [5, 5.41) is 14.7. The largest absolute Gasteiger partial charge is 0.506 e. The highest BCUT2D eigenvalue weighted by Gasteiger charge is 2.37. The van der Waals surface area contributed by atoms with E-state index in [1.807, 2.05) is 0 Å². The van der Waals surface area contributed by atoms with Crippen molar-refractivity contribution in [3.05, 3.63) is 42.5 Å². The lowest BCUT2D eigenvalue weighted by Crippen LogP contribution is -2.30. The molecule has 3 rings (SSSR count). The minimum atomic E-state index is -4.28. The number of anilines is 3. The fourth-order valence-electron chi connectivity index (χ4n) is 2.28. The maximum Gasteiger partial charge on any atom is 0.326 e. The molecule has 0 aliphatic carbocycles. The van der Waals surface area contributed by atoms with Crippen LogP contribution in [0.15, 0.2) is 36.7 Å². The van der Waals surface area contributed by atoms with Crippen LogP contribution in [0.25, 0.3) is 0 Å². The van der Waals surface area contributed by atoms with E-state index in [9.17, 15) is 27.5 Å². The Morgan fingerprint density at radius 1 is 1.23 bits per heavy atom. The van der Waals surface area contributed by atoms with Gasteiger partial charge in [0.15, 0.2) is 5.82 Å². The first-order valence-corrected chi connectivity index (χ1v) is 8.54. The number of carbonyl (C=O) groups excluding carboxylic acids is 2. The van der Waals surface area contributed by atoms with Gasteiger partial charge in [-0.1, -0.05) is 0 Å². The topological polar surface area (TPSA) is 141 Å². The molecule has 26 heavy (non-hydrogen) atoms. The molecule has 0 spiro atoms. The molecule has 1 fully saturated rings. The summed E-state index contributed by atoms with van der Waals surface area (Å²) >= 11 is 0. The number of halogens is 1. The first-order chi connectivity index (χ1) is 12.3. The van der Waals surface area contributed by atoms with Crippen LogP contribution in [-0.2, 0) is 15.0 Å². The lowest BCUT2D eigenvalue weighted by molar-refractivity contribution is -0.117. The number of amides is 3. The van der Waals surface area contributed by atoms with Gasteiger partial charge in [0, 0.05) is 29.8 Å². The van der Waals surface area contributed by atoms with Crippen molar-refractivity contribution in [1.82, 2.24) is 9.71 Å². The first-order valence-electron chi connectivity index (χ1n) is 7.10. The number of nitrogens with one attached hydrogen (secondary N) is 3. The molecule has 0 bridgehead atoms. The minimum absolute atomic E-state index is 0.119. The van der Waals surface area contributed by atoms with Crippen molar-refractivity contribution in [2.24, 2.45) is 0 Å². The number of nitrogens with zero attached hydrogens (tertiary/aromatic N) is 2. The van der Waals surface area contributed by atoms with Crippen LogP contribution in [0.2, 0.25) is 0 Å². The average molecular weight is 381 g/mol. The van der Waals surface area contributed by atoms with Gasteiger partial charge in [0.05, 0.1) is 0 Å². The zero-order valence-corrected chi connectivity index (χ0v) is 13.7. The van der Waals surface area contributed by atoms with Crippen molar-refractivity contribution in [3.63, 3.8) is 0 Å². The van der Waals surface area contributed by atoms with Crippen molar-refractivity contribution in [3.8, 4) is 5.75 Å². The average Bonchev–Trinajstić information content (AvgIpc) is 2.80. The Hall–Kier alpha value is -3.41. The molecular weight excluding hydrogens is 369 g/mol. The summed E-state index contributed by atoms with van der Waals surface area (Å²) in [6.45, 7) is -0.665. The van der Waals surface area contributed by atoms with Crippen LogP contribution < -0.4 is 19.7 Å². The van der Waals surface area contributed by atoms with Crippen molar-refractivity contribution in [1.29, 1.82) is 0 Å². The molecule has 1 aliphatic rings. The van der Waals surface area contributed by atoms with Gasteiger partial charge in [-0.05, 0) is 18.2 Å². The lowest BCUT2D eigenvalue weighted by Gasteiger charge is -2.18. The summed E-state index contributed by atoms with van der Waals surface area (Å²) in [6, 6.07) is 4.13. The Balaban J connectivity index is 1.81. The molecule has 0 radical (unpaired) electrons. The van der Waals surface area contributed by atoms with Crippen molar-refractivity contribution in [2.75, 3.05) is 21.5 Å². The van der Waals surface area contributed by atoms with Gasteiger partial charge >= 0.3 is 16.2 Å². The zero-order valence-electron chi connectivity index (χ0n) is 12.9. The summed E-state index contributed by atoms with van der Waals surface area (Å²) < 4.78 is 39.9. The molecule has 1 saturated heterocycles. The first kappa shape index (κ1) is 17.4. The fraction of sp³-hybridized carbons (Fsp3) is 0.0714. The van der Waals surface area contributed by atoms with Crippen LogP contribution in [0.5, 0.6) is 5.75 Å². The Bertz CT molecular complexity index is 959. The molecule has 12 heteroatoms. The molecule has 2 aromatic rings. The van der Waals surface area contributed by atoms with E-state index < -0.39 is 45.9 Å². The Labute approximate surface area is 146 Å². The second kappa shape index (κ2) is 6.48. The summed E-state index contributed by atoms with van der Waals surface area (Å²) in [5.41, 5.74) is -0.374. The highest BCUT2D eigenvalue weighted by molar-refractivity contribution is 7.92. The minimum Gasteiger partial charge on any atom is -0.506 e. The number of pyridine rings is 1. The van der Waals surface area contributed by atoms with Gasteiger partial charge in [-0.25, -0.2) is 18.2 Å². The van der Waals surface area contributed by atoms with E-state index in [0.29, 0.717) is 9.99 Å². The van der Waals surface area contributed by atoms with Crippen LogP contribution in [0, 0.1) is 5.82 Å². The van der Waals surface area contributed by atoms with E-state index >= 15 is 0 Å². The number of hydrogen-bond donors (Lipinski definition) is 4. The Morgan fingerprint density at radius 3 is 2.46 bits per heavy atom. The van der Waals surface area contributed by atoms with Crippen LogP contribution in [0.3, 0.4) is 0 Å². The molecule has 2 heterocycles. The van der Waals surface area contributed by atoms with E-state index in [-0.39, 0.29) is 5.69 Å². The van der Waals surface area contributed by atoms with Crippen molar-refractivity contribution >= 4 is 39.2 Å². The predicted octanol–water partition coefficient (Wildman–Crippen LogP) is 0.751. The number of benzene rings is 1. The van der Waals surface area contributed by atoms with Gasteiger partial charge in [0.2, 0.25) is 0 Å². The number of urea groups is 1. The smallest absolute Gasteiger partial charge is 0.326 e. The van der Waals surface area contributed by atoms with E-state index in [0.717, 1.165) is 12.1 Å². The molecule has 1 aromatic heterocycles. The number of aromatic nitrogens is 1. The number of aromatic hydroxyl groups is 1. The molecule has 0 saturated carbocycles. The molecule has 0 unspecified atom stereocenters. The maximum atomic E-state index is 14.3. The van der Waals surface area contributed by atoms with E-state index in [4.69, 9.17) is 0 Å². The zero-order chi connectivity index (χ0) is 18.9. The maximum absolute atomic E-state index is 14.3. The van der Waals surface area contributed by atoms with Gasteiger partial charge in [-0.2, -0.15) is 8.42 Å². The van der Waals surface area contributed by atoms with Crippen LogP contribution in [-0.4, -0.2) is 37.0 Å². The third kappa shape index (κ3) is 3.49. The van der Waals surface area contributed by atoms with E-state index in [1.54, 1.807) is 4.72 Å². The summed E-state index contributed by atoms with van der Waals surface area (Å²) in [6.07, 6.45) is 2.92. The lowest BCUT2D eigenvalue weighted by atomic mass is 10.2. The number of hydrogen-bond acceptors (Lipinski definition) is 6. The molecule has 136 valence electrons. The van der Waals surface area contributed by atoms with Crippen LogP contribution >= 0.6 is 0 Å². The number of carbonyl (C=O) groups is 2. The molecule has 3 amide bonds. The number of phenolic OH excluding ortho intramolecular Hbond substituents is 1. The molecule has 1 aliphatic heterocycles. The highest BCUT2D eigenvalue weighted by Crippen LogP contribution is 2.36. The van der Waals surface area contributed by atoms with Crippen LogP contribution in [0.4, 0.5) is 26.2 Å². The second-order valence-corrected chi connectivity index (χ2v) is 6.77. The summed E-state index contributed by atoms with van der Waals surface area (Å²) in [4.78, 5) is 26.9. The van der Waals surface area contributed by atoms with E-state index in [1.165, 1.54) is 24.5 Å². The SMILES string of the molecule is O=C1CN(c2c(O)cc(NC(=O)Nc3ccncc3)cc2F)S(=O)(=O)N1. The number of rotatable bonds is 3. The van der Waals surface area contributed by atoms with Gasteiger partial charge in [0.25, 0.3) is 5.91 Å². The third-order valence-electron chi connectivity index (χ3n) is 3.31. The summed E-state index contributed by atoms with van der Waals surface area (Å²) in [5.74, 6) is -2.75. The van der Waals surface area contributed by atoms with Gasteiger partial charge < -0.3 is 15.7 Å². The molecule has 1 aromatic carbocycles. The molecular formula is C14H12FN5O5S. The standard InChI is InChI=1S/C14H12FN5O5S/c15-10-5-9(18-14(23)17-8-1-3-16-4-2-8)6-11(21)13(10)20-7-12(22)19-26(20,24)25/h1-6,21H,7H2,(H,19,22)(H2,16,17,18,23). The van der Waals surface area contributed by atoms with Gasteiger partial charge in [0.1, 0.15) is 18.0 Å². The Morgan fingerprint density at radius 2 is 1.88 bits per heavy atom. The predicted molar refractivity (Wildman–Crippen MR) is 89.4 cm³/mol. The highest BCUT2D eigenvalue weighted by atomic mass is 32.2. The fourth-order valence-corrected chi connectivity index (χ4v) is 3.45. The molecule has 0 atom stereocenters. The normalized spacial score (nSPS) is 15.4. The third-order valence-corrected chi connectivity index (χ3v) is 4.69. The number of phenols is 1. The quantitative estimate of drug-likeness (QED) is 0.618. The molecule has 4 N–H and O–H groups in total. The molecule has 10 nitrogen and oxygen atoms in total. The van der Waals surface area contributed by atoms with E-state index in [2.05, 4.69) is 15.6 Å². The Kier molecular flexibility index (Phi) is 4.34. The summed E-state index contributed by atoms with van der Waals surface area (Å²) in [7, 11) is -4.28. The van der Waals surface area contributed by atoms with Gasteiger partial charge in [-0.3, -0.25) is 9.78 Å². The van der Waals surface area contributed by atoms with Gasteiger partial charge in [-0.15, -0.1) is 0 Å². The van der Waals surface area contributed by atoms with Crippen molar-refractivity contribution in [2.45, 2.75) is 0 Å². The van der Waals surface area contributed by atoms with Crippen molar-refractivity contribution < 1.29 is 27.5 Å².